The lowest BCUT2D eigenvalue weighted by Crippen LogP contribution is -2.12. The highest BCUT2D eigenvalue weighted by Gasteiger charge is 2.12. The van der Waals surface area contributed by atoms with Gasteiger partial charge >= 0.3 is 11.9 Å². The number of benzene rings is 3. The van der Waals surface area contributed by atoms with Crippen LogP contribution < -0.4 is 9.47 Å². The second kappa shape index (κ2) is 14.3. The van der Waals surface area contributed by atoms with Crippen molar-refractivity contribution in [3.8, 4) is 11.5 Å². The number of fused-ring (bicyclic) bond motifs is 1. The summed E-state index contributed by atoms with van der Waals surface area (Å²) in [6.07, 6.45) is 8.35. The Morgan fingerprint density at radius 3 is 2.11 bits per heavy atom. The predicted octanol–water partition coefficient (Wildman–Crippen LogP) is 8.00. The van der Waals surface area contributed by atoms with E-state index in [-0.39, 0.29) is 5.97 Å². The van der Waals surface area contributed by atoms with Gasteiger partial charge < -0.3 is 14.2 Å². The van der Waals surface area contributed by atoms with Crippen molar-refractivity contribution in [1.82, 2.24) is 0 Å². The van der Waals surface area contributed by atoms with Gasteiger partial charge in [0.15, 0.2) is 0 Å². The summed E-state index contributed by atoms with van der Waals surface area (Å²) in [4.78, 5) is 24.8. The summed E-state index contributed by atoms with van der Waals surface area (Å²) in [5.41, 5.74) is 0.888. The zero-order chi connectivity index (χ0) is 25.8. The average molecular weight is 491 g/mol. The van der Waals surface area contributed by atoms with Gasteiger partial charge in [-0.2, -0.15) is 0 Å². The lowest BCUT2D eigenvalue weighted by molar-refractivity contribution is 0.0447. The van der Waals surface area contributed by atoms with Crippen molar-refractivity contribution < 1.29 is 23.8 Å². The van der Waals surface area contributed by atoms with Crippen molar-refractivity contribution in [2.75, 3.05) is 13.2 Å². The Morgan fingerprint density at radius 1 is 0.722 bits per heavy atom. The first-order chi connectivity index (χ1) is 17.5. The van der Waals surface area contributed by atoms with Gasteiger partial charge in [0, 0.05) is 0 Å². The summed E-state index contributed by atoms with van der Waals surface area (Å²) in [6.45, 7) is 7.43. The van der Waals surface area contributed by atoms with Crippen molar-refractivity contribution in [1.29, 1.82) is 0 Å². The number of hydrogen-bond acceptors (Lipinski definition) is 5. The monoisotopic (exact) mass is 490 g/mol. The van der Waals surface area contributed by atoms with Gasteiger partial charge in [-0.15, -0.1) is 0 Å². The molecule has 192 valence electrons. The molecule has 3 aromatic carbocycles. The standard InChI is InChI=1S/C31H38O5/c1-4-6-7-8-9-10-19-34-29-18-15-25-20-27(12-11-26(25)21-29)31(33)36-28-16-13-24(14-17-28)30(32)35-22-23(3)5-2/h11-18,20-21,23H,4-10,19,22H2,1-3H3/t23-/m0/s1. The van der Waals surface area contributed by atoms with Crippen LogP contribution in [0.2, 0.25) is 0 Å². The normalized spacial score (nSPS) is 11.8. The molecule has 5 nitrogen and oxygen atoms in total. The van der Waals surface area contributed by atoms with Crippen molar-refractivity contribution in [2.24, 2.45) is 5.92 Å². The lowest BCUT2D eigenvalue weighted by Gasteiger charge is -2.10. The molecule has 0 saturated heterocycles. The number of carbonyl (C=O) groups is 2. The van der Waals surface area contributed by atoms with E-state index >= 15 is 0 Å². The first kappa shape index (κ1) is 27.3. The van der Waals surface area contributed by atoms with Gasteiger partial charge in [-0.1, -0.05) is 71.4 Å². The van der Waals surface area contributed by atoms with E-state index in [0.29, 0.717) is 29.4 Å². The first-order valence-corrected chi connectivity index (χ1v) is 13.2. The van der Waals surface area contributed by atoms with Gasteiger partial charge in [0.05, 0.1) is 24.3 Å². The van der Waals surface area contributed by atoms with Crippen molar-refractivity contribution >= 4 is 22.7 Å². The minimum Gasteiger partial charge on any atom is -0.494 e. The Hall–Kier alpha value is -3.34. The van der Waals surface area contributed by atoms with Gasteiger partial charge in [-0.25, -0.2) is 9.59 Å². The van der Waals surface area contributed by atoms with Crippen LogP contribution in [0.4, 0.5) is 0 Å². The quantitative estimate of drug-likeness (QED) is 0.130. The molecule has 0 aliphatic heterocycles. The van der Waals surface area contributed by atoms with E-state index in [1.165, 1.54) is 32.1 Å². The van der Waals surface area contributed by atoms with Crippen molar-refractivity contribution in [3.63, 3.8) is 0 Å². The third-order valence-corrected chi connectivity index (χ3v) is 6.31. The number of ether oxygens (including phenoxy) is 3. The molecule has 0 saturated carbocycles. The zero-order valence-electron chi connectivity index (χ0n) is 21.8. The number of hydrogen-bond donors (Lipinski definition) is 0. The van der Waals surface area contributed by atoms with E-state index < -0.39 is 5.97 Å². The molecule has 0 fully saturated rings. The largest absolute Gasteiger partial charge is 0.494 e. The van der Waals surface area contributed by atoms with E-state index in [9.17, 15) is 9.59 Å². The van der Waals surface area contributed by atoms with Gasteiger partial charge in [0.25, 0.3) is 0 Å². The van der Waals surface area contributed by atoms with Crippen LogP contribution >= 0.6 is 0 Å². The van der Waals surface area contributed by atoms with Crippen molar-refractivity contribution in [3.05, 3.63) is 71.8 Å². The fourth-order valence-corrected chi connectivity index (χ4v) is 3.76. The molecule has 5 heteroatoms. The van der Waals surface area contributed by atoms with E-state index in [4.69, 9.17) is 14.2 Å². The topological polar surface area (TPSA) is 61.8 Å². The van der Waals surface area contributed by atoms with Crippen LogP contribution in [0, 0.1) is 5.92 Å². The molecule has 0 aromatic heterocycles. The summed E-state index contributed by atoms with van der Waals surface area (Å²) in [6, 6.07) is 17.8. The molecule has 0 spiro atoms. The molecule has 0 bridgehead atoms. The summed E-state index contributed by atoms with van der Waals surface area (Å²) in [5.74, 6) is 0.706. The van der Waals surface area contributed by atoms with E-state index in [1.54, 1.807) is 30.3 Å². The first-order valence-electron chi connectivity index (χ1n) is 13.2. The average Bonchev–Trinajstić information content (AvgIpc) is 2.91. The Bertz CT molecular complexity index is 1120. The predicted molar refractivity (Wildman–Crippen MR) is 144 cm³/mol. The molecule has 0 amide bonds. The summed E-state index contributed by atoms with van der Waals surface area (Å²) in [5, 5.41) is 1.95. The van der Waals surface area contributed by atoms with Crippen LogP contribution in [0.15, 0.2) is 60.7 Å². The zero-order valence-corrected chi connectivity index (χ0v) is 21.8. The molecular weight excluding hydrogens is 452 g/mol. The molecule has 0 N–H and O–H groups in total. The van der Waals surface area contributed by atoms with Gasteiger partial charge in [0.2, 0.25) is 0 Å². The summed E-state index contributed by atoms with van der Waals surface area (Å²) < 4.78 is 16.7. The smallest absolute Gasteiger partial charge is 0.343 e. The molecule has 1 atom stereocenters. The van der Waals surface area contributed by atoms with E-state index in [2.05, 4.69) is 13.8 Å². The molecule has 3 aromatic rings. The second-order valence-electron chi connectivity index (χ2n) is 9.37. The summed E-state index contributed by atoms with van der Waals surface area (Å²) >= 11 is 0. The molecule has 0 radical (unpaired) electrons. The van der Waals surface area contributed by atoms with Gasteiger partial charge in [-0.05, 0) is 71.6 Å². The molecular formula is C31H38O5. The third kappa shape index (κ3) is 8.40. The van der Waals surface area contributed by atoms with Crippen LogP contribution in [-0.2, 0) is 4.74 Å². The molecule has 0 heterocycles. The van der Waals surface area contributed by atoms with Crippen LogP contribution in [0.25, 0.3) is 10.8 Å². The Morgan fingerprint density at radius 2 is 1.36 bits per heavy atom. The highest BCUT2D eigenvalue weighted by atomic mass is 16.5. The highest BCUT2D eigenvalue weighted by Crippen LogP contribution is 2.24. The molecule has 0 unspecified atom stereocenters. The maximum absolute atomic E-state index is 12.7. The minimum atomic E-state index is -0.451. The summed E-state index contributed by atoms with van der Waals surface area (Å²) in [7, 11) is 0. The number of unbranched alkanes of at least 4 members (excludes halogenated alkanes) is 5. The van der Waals surface area contributed by atoms with Crippen molar-refractivity contribution in [2.45, 2.75) is 65.7 Å². The Kier molecular flexibility index (Phi) is 10.8. The number of rotatable bonds is 14. The Balaban J connectivity index is 1.52. The molecule has 36 heavy (non-hydrogen) atoms. The van der Waals surface area contributed by atoms with Crippen LogP contribution in [0.5, 0.6) is 11.5 Å². The molecule has 0 aliphatic rings. The maximum Gasteiger partial charge on any atom is 0.343 e. The van der Waals surface area contributed by atoms with E-state index in [1.807, 2.05) is 37.3 Å². The molecule has 3 rings (SSSR count). The van der Waals surface area contributed by atoms with E-state index in [0.717, 1.165) is 36.0 Å². The second-order valence-corrected chi connectivity index (χ2v) is 9.37. The van der Waals surface area contributed by atoms with Gasteiger partial charge in [0.1, 0.15) is 11.5 Å². The number of carbonyl (C=O) groups excluding carboxylic acids is 2. The lowest BCUT2D eigenvalue weighted by atomic mass is 10.1. The van der Waals surface area contributed by atoms with Gasteiger partial charge in [-0.3, -0.25) is 0 Å². The van der Waals surface area contributed by atoms with Crippen LogP contribution in [0.3, 0.4) is 0 Å². The fraction of sp³-hybridized carbons (Fsp3) is 0.419. The maximum atomic E-state index is 12.7. The molecule has 0 aliphatic carbocycles. The SMILES string of the molecule is CCCCCCCCOc1ccc2cc(C(=O)Oc3ccc(C(=O)OC[C@@H](C)CC)cc3)ccc2c1. The number of esters is 2. The van der Waals surface area contributed by atoms with Crippen LogP contribution in [-0.4, -0.2) is 25.2 Å². The van der Waals surface area contributed by atoms with Crippen LogP contribution in [0.1, 0.15) is 86.4 Å². The minimum absolute atomic E-state index is 0.320. The third-order valence-electron chi connectivity index (χ3n) is 6.31. The Labute approximate surface area is 214 Å². The fourth-order valence-electron chi connectivity index (χ4n) is 3.76. The highest BCUT2D eigenvalue weighted by molar-refractivity contribution is 5.97.